The van der Waals surface area contributed by atoms with Crippen LogP contribution in [0.1, 0.15) is 4.88 Å². The highest BCUT2D eigenvalue weighted by atomic mass is 32.1. The van der Waals surface area contributed by atoms with Crippen molar-refractivity contribution in [3.05, 3.63) is 22.4 Å². The summed E-state index contributed by atoms with van der Waals surface area (Å²) in [5, 5.41) is 13.7. The van der Waals surface area contributed by atoms with Gasteiger partial charge < -0.3 is 16.2 Å². The molecule has 0 bridgehead atoms. The predicted octanol–water partition coefficient (Wildman–Crippen LogP) is -0.274. The number of carbonyl (C=O) groups excluding carboxylic acids is 1. The van der Waals surface area contributed by atoms with Gasteiger partial charge in [0.25, 0.3) is 0 Å². The molecule has 1 amide bonds. The lowest BCUT2D eigenvalue weighted by molar-refractivity contribution is -0.128. The summed E-state index contributed by atoms with van der Waals surface area (Å²) in [6.45, 7) is 0.501. The summed E-state index contributed by atoms with van der Waals surface area (Å²) in [4.78, 5) is 12.3. The Morgan fingerprint density at radius 1 is 1.71 bits per heavy atom. The van der Waals surface area contributed by atoms with E-state index in [0.29, 0.717) is 6.54 Å². The van der Waals surface area contributed by atoms with E-state index < -0.39 is 12.0 Å². The Kier molecular flexibility index (Phi) is 4.58. The molecule has 0 aliphatic rings. The third kappa shape index (κ3) is 3.45. The zero-order valence-corrected chi connectivity index (χ0v) is 8.59. The van der Waals surface area contributed by atoms with Gasteiger partial charge in [0.05, 0.1) is 0 Å². The van der Waals surface area contributed by atoms with E-state index in [2.05, 4.69) is 5.32 Å². The Bertz CT molecular complexity index is 274. The molecule has 0 saturated heterocycles. The fraction of sp³-hybridized carbons (Fsp3) is 0.444. The average Bonchev–Trinajstić information content (AvgIpc) is 2.69. The van der Waals surface area contributed by atoms with Crippen molar-refractivity contribution in [1.29, 1.82) is 0 Å². The predicted molar refractivity (Wildman–Crippen MR) is 56.1 cm³/mol. The molecule has 0 aliphatic carbocycles. The van der Waals surface area contributed by atoms with E-state index in [1.807, 2.05) is 17.5 Å². The van der Waals surface area contributed by atoms with Crippen molar-refractivity contribution < 1.29 is 9.90 Å². The van der Waals surface area contributed by atoms with Crippen LogP contribution in [0, 0.1) is 0 Å². The normalized spacial score (nSPS) is 12.4. The van der Waals surface area contributed by atoms with Gasteiger partial charge in [0.2, 0.25) is 5.91 Å². The second-order valence-electron chi connectivity index (χ2n) is 2.87. The van der Waals surface area contributed by atoms with Gasteiger partial charge in [-0.1, -0.05) is 6.07 Å². The van der Waals surface area contributed by atoms with E-state index in [4.69, 9.17) is 10.8 Å². The lowest BCUT2D eigenvalue weighted by Gasteiger charge is -2.07. The minimum atomic E-state index is -1.08. The molecule has 0 fully saturated rings. The van der Waals surface area contributed by atoms with Crippen LogP contribution in [0.15, 0.2) is 17.5 Å². The standard InChI is InChI=1S/C9H14N2O2S/c10-6-8(12)9(13)11-4-3-7-2-1-5-14-7/h1-2,5,8,12H,3-4,6,10H2,(H,11,13). The zero-order valence-electron chi connectivity index (χ0n) is 7.77. The Balaban J connectivity index is 2.18. The first kappa shape index (κ1) is 11.2. The van der Waals surface area contributed by atoms with Gasteiger partial charge >= 0.3 is 0 Å². The van der Waals surface area contributed by atoms with E-state index >= 15 is 0 Å². The van der Waals surface area contributed by atoms with Gasteiger partial charge in [-0.05, 0) is 17.9 Å². The highest BCUT2D eigenvalue weighted by Gasteiger charge is 2.11. The van der Waals surface area contributed by atoms with Crippen LogP contribution in [-0.4, -0.2) is 30.2 Å². The second kappa shape index (κ2) is 5.74. The van der Waals surface area contributed by atoms with Crippen LogP contribution in [0.2, 0.25) is 0 Å². The lowest BCUT2D eigenvalue weighted by atomic mass is 10.3. The number of amides is 1. The molecule has 0 radical (unpaired) electrons. The number of nitrogens with one attached hydrogen (secondary N) is 1. The Morgan fingerprint density at radius 3 is 3.07 bits per heavy atom. The minimum absolute atomic E-state index is 0.0369. The van der Waals surface area contributed by atoms with Crippen LogP contribution in [0.4, 0.5) is 0 Å². The molecule has 1 heterocycles. The van der Waals surface area contributed by atoms with E-state index in [1.165, 1.54) is 4.88 Å². The van der Waals surface area contributed by atoms with Crippen molar-refractivity contribution in [3.63, 3.8) is 0 Å². The van der Waals surface area contributed by atoms with Gasteiger partial charge in [-0.2, -0.15) is 0 Å². The highest BCUT2D eigenvalue weighted by molar-refractivity contribution is 7.09. The number of rotatable bonds is 5. The fourth-order valence-electron chi connectivity index (χ4n) is 0.989. The number of hydrogen-bond acceptors (Lipinski definition) is 4. The van der Waals surface area contributed by atoms with Crippen molar-refractivity contribution in [2.24, 2.45) is 5.73 Å². The second-order valence-corrected chi connectivity index (χ2v) is 3.90. The SMILES string of the molecule is NCC(O)C(=O)NCCc1cccs1. The largest absolute Gasteiger partial charge is 0.382 e. The average molecular weight is 214 g/mol. The van der Waals surface area contributed by atoms with Gasteiger partial charge in [0.1, 0.15) is 6.10 Å². The third-order valence-corrected chi connectivity index (χ3v) is 2.71. The molecule has 1 rings (SSSR count). The van der Waals surface area contributed by atoms with Crippen molar-refractivity contribution in [1.82, 2.24) is 5.32 Å². The Labute approximate surface area is 86.7 Å². The van der Waals surface area contributed by atoms with Gasteiger partial charge in [-0.3, -0.25) is 4.79 Å². The molecule has 1 unspecified atom stereocenters. The Morgan fingerprint density at radius 2 is 2.50 bits per heavy atom. The molecule has 1 aromatic rings. The molecule has 0 aromatic carbocycles. The van der Waals surface area contributed by atoms with Gasteiger partial charge in [0.15, 0.2) is 0 Å². The first-order valence-electron chi connectivity index (χ1n) is 4.42. The highest BCUT2D eigenvalue weighted by Crippen LogP contribution is 2.07. The first-order chi connectivity index (χ1) is 6.74. The van der Waals surface area contributed by atoms with E-state index in [0.717, 1.165) is 6.42 Å². The lowest BCUT2D eigenvalue weighted by Crippen LogP contribution is -2.39. The van der Waals surface area contributed by atoms with Crippen LogP contribution < -0.4 is 11.1 Å². The number of aliphatic hydroxyl groups excluding tert-OH is 1. The number of hydrogen-bond donors (Lipinski definition) is 3. The summed E-state index contributed by atoms with van der Waals surface area (Å²) in [5.74, 6) is -0.399. The number of aliphatic hydroxyl groups is 1. The molecule has 78 valence electrons. The zero-order chi connectivity index (χ0) is 10.4. The van der Waals surface area contributed by atoms with Crippen molar-refractivity contribution in [2.75, 3.05) is 13.1 Å². The number of carbonyl (C=O) groups is 1. The maximum absolute atomic E-state index is 11.1. The molecule has 4 nitrogen and oxygen atoms in total. The minimum Gasteiger partial charge on any atom is -0.382 e. The molecular formula is C9H14N2O2S. The molecular weight excluding hydrogens is 200 g/mol. The summed E-state index contributed by atoms with van der Waals surface area (Å²) in [7, 11) is 0. The third-order valence-electron chi connectivity index (χ3n) is 1.78. The summed E-state index contributed by atoms with van der Waals surface area (Å²) < 4.78 is 0. The molecule has 5 heteroatoms. The topological polar surface area (TPSA) is 75.3 Å². The van der Waals surface area contributed by atoms with Crippen LogP contribution in [0.25, 0.3) is 0 Å². The summed E-state index contributed by atoms with van der Waals surface area (Å²) in [6.07, 6.45) is -0.293. The number of nitrogens with two attached hydrogens (primary N) is 1. The monoisotopic (exact) mass is 214 g/mol. The number of thiophene rings is 1. The maximum Gasteiger partial charge on any atom is 0.250 e. The summed E-state index contributed by atoms with van der Waals surface area (Å²) in [6, 6.07) is 3.98. The van der Waals surface area contributed by atoms with E-state index in [9.17, 15) is 4.79 Å². The molecule has 4 N–H and O–H groups in total. The van der Waals surface area contributed by atoms with Gasteiger partial charge in [0, 0.05) is 18.0 Å². The molecule has 1 atom stereocenters. The first-order valence-corrected chi connectivity index (χ1v) is 5.30. The Hall–Kier alpha value is -0.910. The van der Waals surface area contributed by atoms with Crippen LogP contribution in [0.3, 0.4) is 0 Å². The molecule has 0 aliphatic heterocycles. The molecule has 0 spiro atoms. The summed E-state index contributed by atoms with van der Waals surface area (Å²) in [5.41, 5.74) is 5.13. The molecule has 14 heavy (non-hydrogen) atoms. The fourth-order valence-corrected chi connectivity index (χ4v) is 1.70. The van der Waals surface area contributed by atoms with Crippen molar-refractivity contribution >= 4 is 17.2 Å². The maximum atomic E-state index is 11.1. The van der Waals surface area contributed by atoms with Crippen LogP contribution in [-0.2, 0) is 11.2 Å². The molecule has 0 saturated carbocycles. The quantitative estimate of drug-likeness (QED) is 0.631. The van der Waals surface area contributed by atoms with E-state index in [1.54, 1.807) is 11.3 Å². The summed E-state index contributed by atoms with van der Waals surface area (Å²) >= 11 is 1.65. The van der Waals surface area contributed by atoms with Crippen molar-refractivity contribution in [3.8, 4) is 0 Å². The van der Waals surface area contributed by atoms with Gasteiger partial charge in [-0.15, -0.1) is 11.3 Å². The van der Waals surface area contributed by atoms with E-state index in [-0.39, 0.29) is 6.54 Å². The molecule has 1 aromatic heterocycles. The smallest absolute Gasteiger partial charge is 0.250 e. The van der Waals surface area contributed by atoms with Gasteiger partial charge in [-0.25, -0.2) is 0 Å². The van der Waals surface area contributed by atoms with Crippen molar-refractivity contribution in [2.45, 2.75) is 12.5 Å². The van der Waals surface area contributed by atoms with Crippen LogP contribution in [0.5, 0.6) is 0 Å². The van der Waals surface area contributed by atoms with Crippen LogP contribution >= 0.6 is 11.3 Å².